The molecule has 4 aromatic rings. The van der Waals surface area contributed by atoms with E-state index in [2.05, 4.69) is 19.9 Å². The van der Waals surface area contributed by atoms with Crippen molar-refractivity contribution in [3.8, 4) is 28.3 Å². The van der Waals surface area contributed by atoms with E-state index >= 15 is 0 Å². The van der Waals surface area contributed by atoms with E-state index in [4.69, 9.17) is 15.5 Å². The highest BCUT2D eigenvalue weighted by molar-refractivity contribution is 7.23. The number of nitrogens with zero attached hydrogens (tertiary/aromatic N) is 7. The highest BCUT2D eigenvalue weighted by atomic mass is 32.1. The van der Waals surface area contributed by atoms with Crippen molar-refractivity contribution in [2.75, 3.05) is 36.5 Å². The number of nitrogens with two attached hydrogens (primary N) is 1. The van der Waals surface area contributed by atoms with Gasteiger partial charge in [0.15, 0.2) is 5.13 Å². The van der Waals surface area contributed by atoms with Crippen molar-refractivity contribution >= 4 is 44.6 Å². The van der Waals surface area contributed by atoms with E-state index in [9.17, 15) is 14.7 Å². The number of primary amides is 1. The van der Waals surface area contributed by atoms with Gasteiger partial charge in [-0.15, -0.1) is 0 Å². The second-order valence-electron chi connectivity index (χ2n) is 9.52. The molecule has 0 saturated carbocycles. The standard InChI is InChI=1S/C26H28N8O4S/c1-4-34(23(27)37)25-32-18-10-15(9-17(21(18)39-25)19-13-29-20(38-3)14-28-19)16-11-30-24(31-12-16)33-7-5-26(2,6-8-33)22(35)36/h9-14H,4-8H2,1-3H3,(H2,27,37)(H,35,36). The number of aromatic nitrogens is 5. The van der Waals surface area contributed by atoms with Crippen LogP contribution in [0, 0.1) is 5.41 Å². The Bertz CT molecular complexity index is 1520. The lowest BCUT2D eigenvalue weighted by Crippen LogP contribution is -2.43. The number of hydrogen-bond acceptors (Lipinski definition) is 10. The molecular weight excluding hydrogens is 520 g/mol. The number of carboxylic acid groups (broad SMARTS) is 1. The number of ether oxygens (including phenoxy) is 1. The number of fused-ring (bicyclic) bond motifs is 1. The van der Waals surface area contributed by atoms with Gasteiger partial charge in [0.25, 0.3) is 0 Å². The van der Waals surface area contributed by atoms with E-state index in [0.717, 1.165) is 21.4 Å². The Morgan fingerprint density at radius 1 is 1.10 bits per heavy atom. The minimum absolute atomic E-state index is 0.386. The van der Waals surface area contributed by atoms with Gasteiger partial charge in [-0.1, -0.05) is 11.3 Å². The minimum Gasteiger partial charge on any atom is -0.481 e. The summed E-state index contributed by atoms with van der Waals surface area (Å²) < 4.78 is 5.99. The van der Waals surface area contributed by atoms with Crippen LogP contribution in [-0.2, 0) is 4.79 Å². The fourth-order valence-electron chi connectivity index (χ4n) is 4.49. The normalized spacial score (nSPS) is 14.8. The molecule has 12 nitrogen and oxygen atoms in total. The first-order chi connectivity index (χ1) is 18.7. The molecule has 0 atom stereocenters. The van der Waals surface area contributed by atoms with Gasteiger partial charge in [-0.3, -0.25) is 9.69 Å². The Labute approximate surface area is 228 Å². The van der Waals surface area contributed by atoms with Crippen LogP contribution < -0.4 is 20.3 Å². The number of carboxylic acids is 1. The van der Waals surface area contributed by atoms with Crippen LogP contribution in [-0.4, -0.2) is 68.8 Å². The smallest absolute Gasteiger partial charge is 0.321 e. The average molecular weight is 549 g/mol. The topological polar surface area (TPSA) is 161 Å². The lowest BCUT2D eigenvalue weighted by Gasteiger charge is -2.36. The highest BCUT2D eigenvalue weighted by Gasteiger charge is 2.37. The van der Waals surface area contributed by atoms with Crippen molar-refractivity contribution in [2.24, 2.45) is 11.1 Å². The molecule has 1 aromatic carbocycles. The van der Waals surface area contributed by atoms with Crippen LogP contribution in [0.3, 0.4) is 0 Å². The summed E-state index contributed by atoms with van der Waals surface area (Å²) in [5.41, 5.74) is 8.52. The molecule has 5 rings (SSSR count). The molecule has 0 aliphatic carbocycles. The summed E-state index contributed by atoms with van der Waals surface area (Å²) in [4.78, 5) is 49.7. The van der Waals surface area contributed by atoms with Gasteiger partial charge in [0.1, 0.15) is 0 Å². The quantitative estimate of drug-likeness (QED) is 0.347. The molecule has 1 fully saturated rings. The Morgan fingerprint density at radius 3 is 2.38 bits per heavy atom. The number of urea groups is 1. The first-order valence-electron chi connectivity index (χ1n) is 12.4. The Morgan fingerprint density at radius 2 is 1.82 bits per heavy atom. The van der Waals surface area contributed by atoms with Gasteiger partial charge in [0, 0.05) is 43.2 Å². The Hall–Kier alpha value is -4.39. The van der Waals surface area contributed by atoms with Crippen LogP contribution in [0.4, 0.5) is 15.9 Å². The van der Waals surface area contributed by atoms with Crippen molar-refractivity contribution in [3.63, 3.8) is 0 Å². The number of piperidine rings is 1. The predicted octanol–water partition coefficient (Wildman–Crippen LogP) is 3.82. The number of carbonyl (C=O) groups excluding carboxylic acids is 1. The second-order valence-corrected chi connectivity index (χ2v) is 10.5. The molecule has 39 heavy (non-hydrogen) atoms. The second kappa shape index (κ2) is 10.4. The summed E-state index contributed by atoms with van der Waals surface area (Å²) >= 11 is 1.35. The van der Waals surface area contributed by atoms with Crippen molar-refractivity contribution < 1.29 is 19.4 Å². The lowest BCUT2D eigenvalue weighted by molar-refractivity contribution is -0.149. The number of methoxy groups -OCH3 is 1. The van der Waals surface area contributed by atoms with Gasteiger partial charge in [-0.25, -0.2) is 29.7 Å². The van der Waals surface area contributed by atoms with Gasteiger partial charge < -0.3 is 20.5 Å². The summed E-state index contributed by atoms with van der Waals surface area (Å²) in [5.74, 6) is 0.186. The number of carbonyl (C=O) groups is 2. The van der Waals surface area contributed by atoms with E-state index in [-0.39, 0.29) is 0 Å². The molecular formula is C26H28N8O4S. The van der Waals surface area contributed by atoms with E-state index in [1.54, 1.807) is 31.7 Å². The number of rotatable bonds is 7. The minimum atomic E-state index is -0.769. The fraction of sp³-hybridized carbons (Fsp3) is 0.346. The molecule has 13 heteroatoms. The summed E-state index contributed by atoms with van der Waals surface area (Å²) in [6.45, 7) is 5.15. The average Bonchev–Trinajstić information content (AvgIpc) is 3.37. The largest absolute Gasteiger partial charge is 0.481 e. The summed E-state index contributed by atoms with van der Waals surface area (Å²) in [6.07, 6.45) is 7.72. The van der Waals surface area contributed by atoms with Crippen LogP contribution in [0.5, 0.6) is 5.88 Å². The molecule has 1 saturated heterocycles. The van der Waals surface area contributed by atoms with E-state index in [0.29, 0.717) is 60.6 Å². The van der Waals surface area contributed by atoms with E-state index in [1.807, 2.05) is 24.0 Å². The zero-order chi connectivity index (χ0) is 27.7. The maximum Gasteiger partial charge on any atom is 0.321 e. The first-order valence-corrected chi connectivity index (χ1v) is 13.2. The molecule has 0 unspecified atom stereocenters. The van der Waals surface area contributed by atoms with Crippen molar-refractivity contribution in [1.82, 2.24) is 24.9 Å². The van der Waals surface area contributed by atoms with E-state index in [1.165, 1.54) is 23.3 Å². The molecule has 2 amide bonds. The molecule has 0 radical (unpaired) electrons. The molecule has 3 N–H and O–H groups in total. The third-order valence-electron chi connectivity index (χ3n) is 7.04. The monoisotopic (exact) mass is 548 g/mol. The van der Waals surface area contributed by atoms with Gasteiger partial charge in [-0.05, 0) is 44.4 Å². The molecule has 202 valence electrons. The number of hydrogen-bond donors (Lipinski definition) is 2. The lowest BCUT2D eigenvalue weighted by atomic mass is 9.80. The zero-order valence-electron chi connectivity index (χ0n) is 21.8. The number of anilines is 2. The van der Waals surface area contributed by atoms with Crippen molar-refractivity contribution in [3.05, 3.63) is 36.9 Å². The first kappa shape index (κ1) is 26.2. The number of thiazole rings is 1. The van der Waals surface area contributed by atoms with Crippen LogP contribution in [0.15, 0.2) is 36.9 Å². The molecule has 1 aliphatic rings. The molecule has 3 aromatic heterocycles. The maximum absolute atomic E-state index is 12.0. The van der Waals surface area contributed by atoms with Crippen molar-refractivity contribution in [1.29, 1.82) is 0 Å². The molecule has 1 aliphatic heterocycles. The van der Waals surface area contributed by atoms with Gasteiger partial charge in [0.05, 0.1) is 40.8 Å². The molecule has 4 heterocycles. The Kier molecular flexibility index (Phi) is 7.00. The van der Waals surface area contributed by atoms with Crippen LogP contribution >= 0.6 is 11.3 Å². The number of aliphatic carboxylic acids is 1. The zero-order valence-corrected chi connectivity index (χ0v) is 22.6. The van der Waals surface area contributed by atoms with Gasteiger partial charge in [0.2, 0.25) is 11.8 Å². The van der Waals surface area contributed by atoms with Gasteiger partial charge >= 0.3 is 12.0 Å². The number of amides is 2. The predicted molar refractivity (Wildman–Crippen MR) is 148 cm³/mol. The van der Waals surface area contributed by atoms with Crippen LogP contribution in [0.2, 0.25) is 0 Å². The maximum atomic E-state index is 12.0. The van der Waals surface area contributed by atoms with Crippen LogP contribution in [0.25, 0.3) is 32.6 Å². The van der Waals surface area contributed by atoms with E-state index < -0.39 is 17.4 Å². The van der Waals surface area contributed by atoms with Gasteiger partial charge in [-0.2, -0.15) is 0 Å². The summed E-state index contributed by atoms with van der Waals surface area (Å²) in [7, 11) is 1.53. The SMILES string of the molecule is CCN(C(N)=O)c1nc2cc(-c3cnc(N4CCC(C)(C(=O)O)CC4)nc3)cc(-c3cnc(OC)cn3)c2s1. The summed E-state index contributed by atoms with van der Waals surface area (Å²) in [6, 6.07) is 3.31. The number of benzene rings is 1. The fourth-order valence-corrected chi connectivity index (χ4v) is 5.63. The Balaban J connectivity index is 1.52. The third kappa shape index (κ3) is 5.04. The highest BCUT2D eigenvalue weighted by Crippen LogP contribution is 2.39. The summed E-state index contributed by atoms with van der Waals surface area (Å²) in [5, 5.41) is 9.99. The third-order valence-corrected chi connectivity index (χ3v) is 8.17. The molecule has 0 spiro atoms. The molecule has 0 bridgehead atoms. The van der Waals surface area contributed by atoms with Crippen LogP contribution in [0.1, 0.15) is 26.7 Å². The van der Waals surface area contributed by atoms with Crippen molar-refractivity contribution in [2.45, 2.75) is 26.7 Å².